The van der Waals surface area contributed by atoms with Crippen molar-refractivity contribution in [3.05, 3.63) is 69.5 Å². The number of amides is 1. The molecular formula is C22H22N4O4. The van der Waals surface area contributed by atoms with Gasteiger partial charge in [-0.15, -0.1) is 0 Å². The van der Waals surface area contributed by atoms with Gasteiger partial charge in [-0.05, 0) is 44.0 Å². The van der Waals surface area contributed by atoms with E-state index in [1.165, 1.54) is 23.1 Å². The van der Waals surface area contributed by atoms with Gasteiger partial charge in [-0.3, -0.25) is 9.48 Å². The van der Waals surface area contributed by atoms with Gasteiger partial charge in [0.1, 0.15) is 6.54 Å². The minimum atomic E-state index is -1.24. The van der Waals surface area contributed by atoms with Gasteiger partial charge in [-0.2, -0.15) is 9.94 Å². The molecule has 0 saturated carbocycles. The van der Waals surface area contributed by atoms with Gasteiger partial charge in [-0.25, -0.2) is 9.59 Å². The first kappa shape index (κ1) is 20.9. The van der Waals surface area contributed by atoms with Crippen LogP contribution < -0.4 is 5.56 Å². The van der Waals surface area contributed by atoms with Crippen molar-refractivity contribution in [1.82, 2.24) is 14.3 Å². The fourth-order valence-electron chi connectivity index (χ4n) is 3.46. The molecule has 0 aliphatic carbocycles. The average molecular weight is 406 g/mol. The number of carboxylic acid groups (broad SMARTS) is 1. The number of benzene rings is 2. The summed E-state index contributed by atoms with van der Waals surface area (Å²) in [4.78, 5) is 39.8. The number of nitrogens with zero attached hydrogens (tertiary/aromatic N) is 4. The van der Waals surface area contributed by atoms with E-state index in [0.717, 1.165) is 20.5 Å². The highest BCUT2D eigenvalue weighted by Gasteiger charge is 2.27. The van der Waals surface area contributed by atoms with E-state index in [4.69, 9.17) is 0 Å². The molecule has 1 aromatic heterocycles. The Balaban J connectivity index is 2.21. The first-order chi connectivity index (χ1) is 14.3. The van der Waals surface area contributed by atoms with Crippen LogP contribution in [0.5, 0.6) is 0 Å². The molecule has 0 spiro atoms. The molecule has 8 heteroatoms. The molecule has 0 bridgehead atoms. The second-order valence-corrected chi connectivity index (χ2v) is 7.27. The van der Waals surface area contributed by atoms with Gasteiger partial charge < -0.3 is 10.0 Å². The molecule has 0 unspecified atom stereocenters. The maximum Gasteiger partial charge on any atom is 0.347 e. The fraction of sp³-hybridized carbons (Fsp3) is 0.273. The monoisotopic (exact) mass is 406 g/mol. The molecular weight excluding hydrogens is 384 g/mol. The Bertz CT molecular complexity index is 1230. The van der Waals surface area contributed by atoms with Crippen LogP contribution >= 0.6 is 0 Å². The summed E-state index contributed by atoms with van der Waals surface area (Å²) in [6, 6.07) is 13.0. The van der Waals surface area contributed by atoms with E-state index < -0.39 is 17.6 Å². The molecule has 0 atom stereocenters. The van der Waals surface area contributed by atoms with Crippen LogP contribution in [0.25, 0.3) is 10.9 Å². The molecule has 0 saturated heterocycles. The molecule has 1 heterocycles. The normalized spacial score (nSPS) is 10.9. The molecule has 2 aromatic carbocycles. The maximum absolute atomic E-state index is 13.5. The highest BCUT2D eigenvalue weighted by molar-refractivity contribution is 6.02. The molecule has 0 radical (unpaired) electrons. The molecule has 3 aromatic rings. The van der Waals surface area contributed by atoms with Crippen molar-refractivity contribution < 1.29 is 14.7 Å². The van der Waals surface area contributed by atoms with Gasteiger partial charge in [0.25, 0.3) is 5.56 Å². The zero-order chi connectivity index (χ0) is 22.0. The van der Waals surface area contributed by atoms with Crippen LogP contribution in [-0.4, -0.2) is 37.4 Å². The number of carbonyl (C=O) groups is 2. The van der Waals surface area contributed by atoms with E-state index in [2.05, 4.69) is 0 Å². The minimum Gasteiger partial charge on any atom is -0.478 e. The summed E-state index contributed by atoms with van der Waals surface area (Å²) >= 11 is 0. The van der Waals surface area contributed by atoms with Gasteiger partial charge in [0.15, 0.2) is 0 Å². The molecule has 8 nitrogen and oxygen atoms in total. The van der Waals surface area contributed by atoms with E-state index in [1.807, 2.05) is 51.1 Å². The summed E-state index contributed by atoms with van der Waals surface area (Å²) < 4.78 is 2.02. The summed E-state index contributed by atoms with van der Waals surface area (Å²) in [5.41, 5.74) is 1.21. The average Bonchev–Trinajstić information content (AvgIpc) is 2.99. The lowest BCUT2D eigenvalue weighted by Gasteiger charge is -2.28. The third-order valence-corrected chi connectivity index (χ3v) is 5.06. The second-order valence-electron chi connectivity index (χ2n) is 7.27. The highest BCUT2D eigenvalue weighted by Crippen LogP contribution is 2.19. The number of rotatable bonds is 5. The second kappa shape index (κ2) is 8.25. The van der Waals surface area contributed by atoms with Gasteiger partial charge in [-0.1, -0.05) is 30.3 Å². The number of aromatic nitrogens is 2. The molecule has 0 aliphatic heterocycles. The Kier molecular flexibility index (Phi) is 5.74. The largest absolute Gasteiger partial charge is 0.478 e. The van der Waals surface area contributed by atoms with E-state index in [1.54, 1.807) is 0 Å². The van der Waals surface area contributed by atoms with Crippen molar-refractivity contribution in [2.45, 2.75) is 39.9 Å². The van der Waals surface area contributed by atoms with Crippen LogP contribution in [0.1, 0.15) is 35.3 Å². The van der Waals surface area contributed by atoms with Crippen LogP contribution in [0.4, 0.5) is 4.79 Å². The summed E-state index contributed by atoms with van der Waals surface area (Å²) in [7, 11) is 0. The SMILES string of the molecule is Cc1ccccc1CN(C(=O)n1c(=O)c2cccc(C(=O)O)c2n1CC#N)C(C)C. The van der Waals surface area contributed by atoms with E-state index in [0.29, 0.717) is 0 Å². The van der Waals surface area contributed by atoms with Crippen molar-refractivity contribution in [3.8, 4) is 6.07 Å². The molecule has 30 heavy (non-hydrogen) atoms. The topological polar surface area (TPSA) is 108 Å². The fourth-order valence-corrected chi connectivity index (χ4v) is 3.46. The Morgan fingerprint density at radius 3 is 2.47 bits per heavy atom. The Hall–Kier alpha value is -3.86. The lowest BCUT2D eigenvalue weighted by atomic mass is 10.1. The third kappa shape index (κ3) is 3.57. The van der Waals surface area contributed by atoms with Crippen LogP contribution in [0.3, 0.4) is 0 Å². The van der Waals surface area contributed by atoms with Crippen molar-refractivity contribution in [2.24, 2.45) is 0 Å². The number of aromatic carboxylic acids is 1. The van der Waals surface area contributed by atoms with E-state index in [-0.39, 0.29) is 35.6 Å². The van der Waals surface area contributed by atoms with Crippen LogP contribution in [0.2, 0.25) is 0 Å². The first-order valence-electron chi connectivity index (χ1n) is 9.48. The molecule has 3 rings (SSSR count). The summed E-state index contributed by atoms with van der Waals surface area (Å²) in [5.74, 6) is -1.24. The smallest absolute Gasteiger partial charge is 0.347 e. The number of aryl methyl sites for hydroxylation is 1. The van der Waals surface area contributed by atoms with Crippen LogP contribution in [0, 0.1) is 18.3 Å². The van der Waals surface area contributed by atoms with Crippen molar-refractivity contribution >= 4 is 22.9 Å². The van der Waals surface area contributed by atoms with Crippen LogP contribution in [-0.2, 0) is 13.1 Å². The third-order valence-electron chi connectivity index (χ3n) is 5.06. The molecule has 0 fully saturated rings. The lowest BCUT2D eigenvalue weighted by molar-refractivity contribution is 0.0698. The molecule has 0 aliphatic rings. The summed E-state index contributed by atoms with van der Waals surface area (Å²) in [6.07, 6.45) is 0. The highest BCUT2D eigenvalue weighted by atomic mass is 16.4. The minimum absolute atomic E-state index is 0.0597. The quantitative estimate of drug-likeness (QED) is 0.700. The molecule has 1 N–H and O–H groups in total. The van der Waals surface area contributed by atoms with E-state index in [9.17, 15) is 24.8 Å². The van der Waals surface area contributed by atoms with Crippen LogP contribution in [0.15, 0.2) is 47.3 Å². The number of hydrogen-bond donors (Lipinski definition) is 1. The molecule has 1 amide bonds. The van der Waals surface area contributed by atoms with Gasteiger partial charge in [0.05, 0.1) is 22.5 Å². The van der Waals surface area contributed by atoms with Crippen molar-refractivity contribution in [3.63, 3.8) is 0 Å². The predicted octanol–water partition coefficient (Wildman–Crippen LogP) is 3.21. The number of para-hydroxylation sites is 1. The summed E-state index contributed by atoms with van der Waals surface area (Å²) in [5, 5.41) is 18.9. The Morgan fingerprint density at radius 2 is 1.87 bits per heavy atom. The predicted molar refractivity (Wildman–Crippen MR) is 111 cm³/mol. The van der Waals surface area contributed by atoms with Gasteiger partial charge in [0, 0.05) is 12.6 Å². The number of nitriles is 1. The lowest BCUT2D eigenvalue weighted by Crippen LogP contribution is -2.45. The van der Waals surface area contributed by atoms with Gasteiger partial charge >= 0.3 is 12.0 Å². The number of carbonyl (C=O) groups excluding carboxylic acids is 1. The zero-order valence-electron chi connectivity index (χ0n) is 17.0. The standard InChI is InChI=1S/C22H22N4O4/c1-14(2)24(13-16-8-5-4-7-15(16)3)22(30)26-20(27)17-9-6-10-18(21(28)29)19(17)25(26)12-11-23/h4-10,14H,12-13H2,1-3H3,(H,28,29). The Labute approximate surface area is 173 Å². The molecule has 154 valence electrons. The Morgan fingerprint density at radius 1 is 1.17 bits per heavy atom. The maximum atomic E-state index is 13.5. The van der Waals surface area contributed by atoms with Crippen molar-refractivity contribution in [1.29, 1.82) is 5.26 Å². The number of hydrogen-bond acceptors (Lipinski definition) is 4. The number of fused-ring (bicyclic) bond motifs is 1. The van der Waals surface area contributed by atoms with Gasteiger partial charge in [0.2, 0.25) is 0 Å². The summed E-state index contributed by atoms with van der Waals surface area (Å²) in [6.45, 7) is 5.54. The van der Waals surface area contributed by atoms with Crippen molar-refractivity contribution in [2.75, 3.05) is 0 Å². The number of carboxylic acids is 1. The first-order valence-corrected chi connectivity index (χ1v) is 9.48. The van der Waals surface area contributed by atoms with E-state index >= 15 is 0 Å². The zero-order valence-corrected chi connectivity index (χ0v) is 17.0.